The first-order chi connectivity index (χ1) is 11.9. The van der Waals surface area contributed by atoms with Crippen molar-refractivity contribution in [2.45, 2.75) is 46.5 Å². The predicted octanol–water partition coefficient (Wildman–Crippen LogP) is 3.20. The Labute approximate surface area is 150 Å². The van der Waals surface area contributed by atoms with Gasteiger partial charge in [-0.05, 0) is 51.2 Å². The quantitative estimate of drug-likeness (QED) is 0.649. The molecule has 0 saturated heterocycles. The molecule has 0 aliphatic heterocycles. The van der Waals surface area contributed by atoms with Gasteiger partial charge in [0.1, 0.15) is 5.00 Å². The number of carboxylic acids is 1. The number of hydrazone groups is 1. The van der Waals surface area contributed by atoms with Crippen molar-refractivity contribution in [1.82, 2.24) is 9.99 Å². The minimum absolute atomic E-state index is 0.232. The Balaban J connectivity index is 2.10. The van der Waals surface area contributed by atoms with Crippen LogP contribution in [0.15, 0.2) is 11.2 Å². The van der Waals surface area contributed by atoms with Crippen LogP contribution in [0.3, 0.4) is 0 Å². The minimum Gasteiger partial charge on any atom is -0.478 e. The summed E-state index contributed by atoms with van der Waals surface area (Å²) < 4.78 is 1.99. The number of nitrogens with zero attached hydrogens (tertiary/aromatic N) is 2. The number of nitrogens with one attached hydrogen (secondary N) is 1. The average Bonchev–Trinajstić information content (AvgIpc) is 3.04. The van der Waals surface area contributed by atoms with Gasteiger partial charge < -0.3 is 9.67 Å². The van der Waals surface area contributed by atoms with Crippen LogP contribution in [-0.2, 0) is 17.6 Å². The van der Waals surface area contributed by atoms with E-state index in [9.17, 15) is 14.7 Å². The van der Waals surface area contributed by atoms with Crippen molar-refractivity contribution in [1.29, 1.82) is 0 Å². The van der Waals surface area contributed by atoms with Crippen molar-refractivity contribution in [3.05, 3.63) is 39.0 Å². The summed E-state index contributed by atoms with van der Waals surface area (Å²) in [6.45, 7) is 5.29. The molecule has 132 valence electrons. The largest absolute Gasteiger partial charge is 0.478 e. The number of aryl methyl sites for hydroxylation is 2. The normalized spacial score (nSPS) is 13.9. The van der Waals surface area contributed by atoms with Crippen LogP contribution in [0.4, 0.5) is 0 Å². The monoisotopic (exact) mass is 359 g/mol. The fourth-order valence-corrected chi connectivity index (χ4v) is 4.84. The molecule has 1 aliphatic carbocycles. The number of hydrogen-bond donors (Lipinski definition) is 2. The summed E-state index contributed by atoms with van der Waals surface area (Å²) >= 11 is 1.58. The maximum Gasteiger partial charge on any atom is 0.339 e. The molecule has 2 aromatic rings. The molecule has 3 rings (SSSR count). The van der Waals surface area contributed by atoms with E-state index in [-0.39, 0.29) is 5.91 Å². The topological polar surface area (TPSA) is 83.7 Å². The van der Waals surface area contributed by atoms with Crippen LogP contribution in [0, 0.1) is 13.8 Å². The van der Waals surface area contributed by atoms with Crippen LogP contribution in [0.1, 0.15) is 57.5 Å². The van der Waals surface area contributed by atoms with Crippen molar-refractivity contribution in [3.63, 3.8) is 0 Å². The van der Waals surface area contributed by atoms with Crippen LogP contribution < -0.4 is 5.43 Å². The Morgan fingerprint density at radius 1 is 1.32 bits per heavy atom. The molecule has 2 aromatic heterocycles. The Morgan fingerprint density at radius 2 is 2.04 bits per heavy atom. The van der Waals surface area contributed by atoms with Crippen LogP contribution in [0.2, 0.25) is 0 Å². The molecule has 2 N–H and O–H groups in total. The summed E-state index contributed by atoms with van der Waals surface area (Å²) in [5.41, 5.74) is 6.54. The molecule has 0 atom stereocenters. The molecule has 0 unspecified atom stereocenters. The lowest BCUT2D eigenvalue weighted by Crippen LogP contribution is -2.12. The van der Waals surface area contributed by atoms with Gasteiger partial charge in [-0.3, -0.25) is 4.79 Å². The van der Waals surface area contributed by atoms with Gasteiger partial charge in [0.25, 0.3) is 0 Å². The molecule has 2 heterocycles. The minimum atomic E-state index is -0.865. The average molecular weight is 359 g/mol. The summed E-state index contributed by atoms with van der Waals surface area (Å²) in [7, 11) is 0. The van der Waals surface area contributed by atoms with Gasteiger partial charge in [0.2, 0.25) is 5.91 Å². The van der Waals surface area contributed by atoms with Gasteiger partial charge in [0.15, 0.2) is 0 Å². The van der Waals surface area contributed by atoms with Gasteiger partial charge in [-0.15, -0.1) is 11.3 Å². The van der Waals surface area contributed by atoms with Crippen LogP contribution in [0.25, 0.3) is 5.00 Å². The van der Waals surface area contributed by atoms with Crippen molar-refractivity contribution >= 4 is 29.4 Å². The molecule has 0 bridgehead atoms. The molecule has 0 radical (unpaired) electrons. The van der Waals surface area contributed by atoms with E-state index in [4.69, 9.17) is 0 Å². The SMILES string of the molecule is CC(=O)N/N=C\c1cc(C)n(-c2sc3c(c2C(=O)O)CCCC3)c1C. The van der Waals surface area contributed by atoms with Gasteiger partial charge in [-0.2, -0.15) is 5.10 Å². The predicted molar refractivity (Wildman–Crippen MR) is 98.1 cm³/mol. The summed E-state index contributed by atoms with van der Waals surface area (Å²) in [6, 6.07) is 1.95. The maximum absolute atomic E-state index is 11.9. The summed E-state index contributed by atoms with van der Waals surface area (Å²) in [6.07, 6.45) is 5.54. The van der Waals surface area contributed by atoms with E-state index in [1.807, 2.05) is 24.5 Å². The van der Waals surface area contributed by atoms with E-state index in [1.54, 1.807) is 17.6 Å². The fourth-order valence-electron chi connectivity index (χ4n) is 3.35. The van der Waals surface area contributed by atoms with E-state index in [0.717, 1.165) is 53.2 Å². The molecule has 1 aliphatic rings. The first-order valence-electron chi connectivity index (χ1n) is 8.27. The smallest absolute Gasteiger partial charge is 0.339 e. The van der Waals surface area contributed by atoms with E-state index in [0.29, 0.717) is 5.56 Å². The molecule has 0 spiro atoms. The highest BCUT2D eigenvalue weighted by Crippen LogP contribution is 2.38. The fraction of sp³-hybridized carbons (Fsp3) is 0.389. The highest BCUT2D eigenvalue weighted by molar-refractivity contribution is 7.15. The van der Waals surface area contributed by atoms with Crippen molar-refractivity contribution < 1.29 is 14.7 Å². The number of fused-ring (bicyclic) bond motifs is 1. The zero-order valence-corrected chi connectivity index (χ0v) is 15.4. The first kappa shape index (κ1) is 17.4. The van der Waals surface area contributed by atoms with Crippen LogP contribution >= 0.6 is 11.3 Å². The van der Waals surface area contributed by atoms with Gasteiger partial charge >= 0.3 is 5.97 Å². The van der Waals surface area contributed by atoms with E-state index in [2.05, 4.69) is 10.5 Å². The number of rotatable bonds is 4. The number of carbonyl (C=O) groups is 2. The van der Waals surface area contributed by atoms with Gasteiger partial charge in [-0.25, -0.2) is 10.2 Å². The third-order valence-corrected chi connectivity index (χ3v) is 5.74. The van der Waals surface area contributed by atoms with Crippen molar-refractivity contribution in [2.75, 3.05) is 0 Å². The molecule has 0 saturated carbocycles. The lowest BCUT2D eigenvalue weighted by atomic mass is 9.95. The van der Waals surface area contributed by atoms with Crippen molar-refractivity contribution in [3.8, 4) is 5.00 Å². The number of thiophene rings is 1. The summed E-state index contributed by atoms with van der Waals surface area (Å²) in [5, 5.41) is 14.5. The molecular weight excluding hydrogens is 338 g/mol. The Hall–Kier alpha value is -2.41. The third kappa shape index (κ3) is 3.24. The highest BCUT2D eigenvalue weighted by Gasteiger charge is 2.27. The highest BCUT2D eigenvalue weighted by atomic mass is 32.1. The first-order valence-corrected chi connectivity index (χ1v) is 9.08. The Kier molecular flexibility index (Phi) is 4.76. The van der Waals surface area contributed by atoms with E-state index >= 15 is 0 Å². The second-order valence-electron chi connectivity index (χ2n) is 6.28. The lowest BCUT2D eigenvalue weighted by Gasteiger charge is -2.11. The number of hydrogen-bond acceptors (Lipinski definition) is 4. The number of carboxylic acid groups (broad SMARTS) is 1. The molecule has 6 nitrogen and oxygen atoms in total. The molecule has 1 amide bonds. The van der Waals surface area contributed by atoms with Gasteiger partial charge in [-0.1, -0.05) is 0 Å². The third-order valence-electron chi connectivity index (χ3n) is 4.47. The number of aromatic nitrogens is 1. The van der Waals surface area contributed by atoms with E-state index in [1.165, 1.54) is 11.8 Å². The van der Waals surface area contributed by atoms with E-state index < -0.39 is 5.97 Å². The zero-order chi connectivity index (χ0) is 18.1. The molecule has 7 heteroatoms. The maximum atomic E-state index is 11.9. The molecular formula is C18H21N3O3S. The molecule has 0 fully saturated rings. The summed E-state index contributed by atoms with van der Waals surface area (Å²) in [4.78, 5) is 24.1. The number of amides is 1. The number of aromatic carboxylic acids is 1. The Bertz CT molecular complexity index is 877. The lowest BCUT2D eigenvalue weighted by molar-refractivity contribution is -0.118. The Morgan fingerprint density at radius 3 is 2.72 bits per heavy atom. The number of carbonyl (C=O) groups excluding carboxylic acids is 1. The van der Waals surface area contributed by atoms with Gasteiger partial charge in [0.05, 0.1) is 11.8 Å². The van der Waals surface area contributed by atoms with Crippen molar-refractivity contribution in [2.24, 2.45) is 5.10 Å². The summed E-state index contributed by atoms with van der Waals surface area (Å²) in [5.74, 6) is -1.10. The second kappa shape index (κ2) is 6.84. The van der Waals surface area contributed by atoms with Gasteiger partial charge in [0, 0.05) is 28.8 Å². The van der Waals surface area contributed by atoms with Crippen LogP contribution in [-0.4, -0.2) is 27.8 Å². The molecule has 0 aromatic carbocycles. The molecule has 25 heavy (non-hydrogen) atoms. The second-order valence-corrected chi connectivity index (χ2v) is 7.37. The van der Waals surface area contributed by atoms with Crippen LogP contribution in [0.5, 0.6) is 0 Å². The zero-order valence-electron chi connectivity index (χ0n) is 14.5. The standard InChI is InChI=1S/C18H21N3O3S/c1-10-8-13(9-19-20-12(3)22)11(2)21(10)17-16(18(23)24)14-6-4-5-7-15(14)25-17/h8-9H,4-7H2,1-3H3,(H,20,22)(H,23,24)/b19-9-.